The summed E-state index contributed by atoms with van der Waals surface area (Å²) in [5.41, 5.74) is 5.00. The van der Waals surface area contributed by atoms with Crippen LogP contribution in [0.15, 0.2) is 12.1 Å². The Hall–Kier alpha value is -1.19. The molecule has 106 valence electrons. The third-order valence-electron chi connectivity index (χ3n) is 2.25. The third-order valence-corrected chi connectivity index (χ3v) is 4.15. The van der Waals surface area contributed by atoms with Crippen LogP contribution in [-0.4, -0.2) is 31.3 Å². The normalized spacial score (nSPS) is 11.8. The highest BCUT2D eigenvalue weighted by Crippen LogP contribution is 2.16. The fraction of sp³-hybridized carbons (Fsp3) is 0.300. The number of benzene rings is 1. The van der Waals surface area contributed by atoms with E-state index in [9.17, 15) is 21.6 Å². The van der Waals surface area contributed by atoms with E-state index < -0.39 is 33.2 Å². The average molecular weight is 312 g/mol. The quantitative estimate of drug-likeness (QED) is 0.654. The number of rotatable bonds is 5. The molecule has 4 nitrogen and oxygen atoms in total. The molecule has 0 saturated heterocycles. The highest BCUT2D eigenvalue weighted by atomic mass is 32.2. The summed E-state index contributed by atoms with van der Waals surface area (Å²) < 4.78 is 63.1. The molecule has 0 fully saturated rings. The van der Waals surface area contributed by atoms with Crippen molar-refractivity contribution in [2.24, 2.45) is 5.73 Å². The van der Waals surface area contributed by atoms with Gasteiger partial charge in [-0.15, -0.1) is 0 Å². The smallest absolute Gasteiger partial charge is 0.218 e. The van der Waals surface area contributed by atoms with Crippen molar-refractivity contribution in [2.45, 2.75) is 5.75 Å². The van der Waals surface area contributed by atoms with Gasteiger partial charge in [-0.25, -0.2) is 21.6 Å². The summed E-state index contributed by atoms with van der Waals surface area (Å²) >= 11 is 4.57. The zero-order valence-corrected chi connectivity index (χ0v) is 11.5. The molecule has 0 aromatic heterocycles. The van der Waals surface area contributed by atoms with Gasteiger partial charge in [0.05, 0.1) is 17.3 Å². The zero-order chi connectivity index (χ0) is 14.8. The van der Waals surface area contributed by atoms with Crippen LogP contribution >= 0.6 is 12.2 Å². The Labute approximate surface area is 114 Å². The predicted molar refractivity (Wildman–Crippen MR) is 68.4 cm³/mol. The van der Waals surface area contributed by atoms with Crippen LogP contribution in [0.4, 0.5) is 13.2 Å². The van der Waals surface area contributed by atoms with Gasteiger partial charge in [-0.1, -0.05) is 12.2 Å². The van der Waals surface area contributed by atoms with Gasteiger partial charge in [0.15, 0.2) is 17.5 Å². The maximum absolute atomic E-state index is 13.0. The Morgan fingerprint density at radius 3 is 2.21 bits per heavy atom. The van der Waals surface area contributed by atoms with Crippen LogP contribution in [0.5, 0.6) is 0 Å². The van der Waals surface area contributed by atoms with E-state index in [-0.39, 0.29) is 17.1 Å². The van der Waals surface area contributed by atoms with Gasteiger partial charge < -0.3 is 5.73 Å². The monoisotopic (exact) mass is 312 g/mol. The van der Waals surface area contributed by atoms with Gasteiger partial charge in [-0.3, -0.25) is 0 Å². The number of likely N-dealkylation sites (N-methyl/N-ethyl adjacent to an activating group) is 1. The van der Waals surface area contributed by atoms with Gasteiger partial charge in [-0.2, -0.15) is 4.31 Å². The summed E-state index contributed by atoms with van der Waals surface area (Å²) in [5, 5.41) is 0. The van der Waals surface area contributed by atoms with E-state index in [1.165, 1.54) is 7.05 Å². The number of hydrogen-bond donors (Lipinski definition) is 1. The molecule has 0 atom stereocenters. The summed E-state index contributed by atoms with van der Waals surface area (Å²) in [4.78, 5) is -0.0393. The van der Waals surface area contributed by atoms with Crippen molar-refractivity contribution in [3.63, 3.8) is 0 Å². The highest BCUT2D eigenvalue weighted by molar-refractivity contribution is 7.88. The van der Waals surface area contributed by atoms with E-state index in [0.29, 0.717) is 12.1 Å². The van der Waals surface area contributed by atoms with Crippen molar-refractivity contribution < 1.29 is 21.6 Å². The van der Waals surface area contributed by atoms with E-state index in [1.54, 1.807) is 0 Å². The zero-order valence-electron chi connectivity index (χ0n) is 9.86. The number of nitrogens with zero attached hydrogens (tertiary/aromatic N) is 1. The molecule has 2 N–H and O–H groups in total. The third kappa shape index (κ3) is 4.15. The molecule has 1 rings (SSSR count). The standard InChI is InChI=1S/C10H11F3N2O2S2/c1-15(4-9(14)18)19(16,17)5-6-2-7(11)10(13)8(12)3-6/h2-3H,4-5H2,1H3,(H2,14,18). The van der Waals surface area contributed by atoms with Gasteiger partial charge in [0, 0.05) is 7.05 Å². The predicted octanol–water partition coefficient (Wildman–Crippen LogP) is 1.15. The van der Waals surface area contributed by atoms with Crippen molar-refractivity contribution in [1.82, 2.24) is 4.31 Å². The lowest BCUT2D eigenvalue weighted by atomic mass is 10.2. The van der Waals surface area contributed by atoms with Crippen LogP contribution < -0.4 is 5.73 Å². The molecule has 0 amide bonds. The molecule has 0 aliphatic rings. The molecule has 0 aliphatic carbocycles. The first kappa shape index (κ1) is 15.9. The first-order valence-electron chi connectivity index (χ1n) is 4.99. The van der Waals surface area contributed by atoms with Gasteiger partial charge >= 0.3 is 0 Å². The largest absolute Gasteiger partial charge is 0.392 e. The second kappa shape index (κ2) is 5.85. The van der Waals surface area contributed by atoms with Crippen LogP contribution in [0.2, 0.25) is 0 Å². The fourth-order valence-corrected chi connectivity index (χ4v) is 2.75. The molecule has 0 saturated carbocycles. The van der Waals surface area contributed by atoms with Crippen LogP contribution in [0, 0.1) is 17.5 Å². The Kier molecular flexibility index (Phi) is 4.88. The van der Waals surface area contributed by atoms with Crippen LogP contribution in [0.1, 0.15) is 5.56 Å². The number of hydrogen-bond acceptors (Lipinski definition) is 3. The molecule has 1 aromatic carbocycles. The number of halogens is 3. The van der Waals surface area contributed by atoms with Crippen molar-refractivity contribution in [2.75, 3.05) is 13.6 Å². The maximum atomic E-state index is 13.0. The number of thiocarbonyl (C=S) groups is 1. The molecule has 0 spiro atoms. The molecule has 0 heterocycles. The minimum atomic E-state index is -3.84. The topological polar surface area (TPSA) is 63.4 Å². The van der Waals surface area contributed by atoms with Crippen molar-refractivity contribution >= 4 is 27.2 Å². The summed E-state index contributed by atoms with van der Waals surface area (Å²) in [6.07, 6.45) is 0. The Balaban J connectivity index is 2.99. The lowest BCUT2D eigenvalue weighted by molar-refractivity contribution is 0.445. The van der Waals surface area contributed by atoms with Gasteiger partial charge in [0.2, 0.25) is 10.0 Å². The second-order valence-corrected chi connectivity index (χ2v) is 6.45. The summed E-state index contributed by atoms with van der Waals surface area (Å²) in [6, 6.07) is 1.26. The lowest BCUT2D eigenvalue weighted by Gasteiger charge is -2.16. The molecule has 0 radical (unpaired) electrons. The summed E-state index contributed by atoms with van der Waals surface area (Å²) in [6.45, 7) is -0.191. The first-order valence-corrected chi connectivity index (χ1v) is 7.01. The van der Waals surface area contributed by atoms with Crippen molar-refractivity contribution in [3.05, 3.63) is 35.1 Å². The van der Waals surface area contributed by atoms with Crippen molar-refractivity contribution in [3.8, 4) is 0 Å². The molecular weight excluding hydrogens is 301 g/mol. The van der Waals surface area contributed by atoms with Crippen LogP contribution in [0.25, 0.3) is 0 Å². The van der Waals surface area contributed by atoms with Gasteiger partial charge in [-0.05, 0) is 17.7 Å². The van der Waals surface area contributed by atoms with E-state index in [0.717, 1.165) is 4.31 Å². The average Bonchev–Trinajstić information content (AvgIpc) is 2.24. The summed E-state index contributed by atoms with van der Waals surface area (Å²) in [7, 11) is -2.62. The molecule has 9 heteroatoms. The van der Waals surface area contributed by atoms with Crippen LogP contribution in [0.3, 0.4) is 0 Å². The van der Waals surface area contributed by atoms with Crippen molar-refractivity contribution in [1.29, 1.82) is 0 Å². The molecular formula is C10H11F3N2O2S2. The Bertz CT molecular complexity index is 582. The molecule has 19 heavy (non-hydrogen) atoms. The van der Waals surface area contributed by atoms with E-state index in [1.807, 2.05) is 0 Å². The Morgan fingerprint density at radius 2 is 1.79 bits per heavy atom. The van der Waals surface area contributed by atoms with E-state index in [2.05, 4.69) is 12.2 Å². The lowest BCUT2D eigenvalue weighted by Crippen LogP contribution is -2.35. The van der Waals surface area contributed by atoms with E-state index >= 15 is 0 Å². The second-order valence-electron chi connectivity index (χ2n) is 3.85. The Morgan fingerprint density at radius 1 is 1.32 bits per heavy atom. The molecule has 0 aliphatic heterocycles. The number of nitrogens with two attached hydrogens (primary N) is 1. The fourth-order valence-electron chi connectivity index (χ4n) is 1.33. The molecule has 0 bridgehead atoms. The maximum Gasteiger partial charge on any atom is 0.218 e. The molecule has 0 unspecified atom stereocenters. The SMILES string of the molecule is CN(CC(N)=S)S(=O)(=O)Cc1cc(F)c(F)c(F)c1. The number of sulfonamides is 1. The minimum Gasteiger partial charge on any atom is -0.392 e. The summed E-state index contributed by atoms with van der Waals surface area (Å²) in [5.74, 6) is -5.21. The van der Waals surface area contributed by atoms with Crippen LogP contribution in [-0.2, 0) is 15.8 Å². The van der Waals surface area contributed by atoms with Gasteiger partial charge in [0.1, 0.15) is 0 Å². The van der Waals surface area contributed by atoms with Gasteiger partial charge in [0.25, 0.3) is 0 Å². The minimum absolute atomic E-state index is 0.0393. The first-order chi connectivity index (χ1) is 8.63. The van der Waals surface area contributed by atoms with E-state index in [4.69, 9.17) is 5.73 Å². The molecule has 1 aromatic rings. The highest BCUT2D eigenvalue weighted by Gasteiger charge is 2.21.